The fourth-order valence-electron chi connectivity index (χ4n) is 1.88. The zero-order chi connectivity index (χ0) is 13.4. The van der Waals surface area contributed by atoms with Gasteiger partial charge in [0.1, 0.15) is 0 Å². The minimum absolute atomic E-state index is 0.241. The minimum Gasteiger partial charge on any atom is -0.478 e. The Kier molecular flexibility index (Phi) is 3.00. The third-order valence-corrected chi connectivity index (χ3v) is 2.67. The zero-order valence-corrected chi connectivity index (χ0v) is 9.06. The van der Waals surface area contributed by atoms with E-state index >= 15 is 0 Å². The summed E-state index contributed by atoms with van der Waals surface area (Å²) >= 11 is 0. The van der Waals surface area contributed by atoms with Gasteiger partial charge in [-0.3, -0.25) is 4.79 Å². The Labute approximate surface area is 100 Å². The fraction of sp³-hybridized carbons (Fsp3) is 0.273. The number of anilines is 1. The minimum atomic E-state index is -1.47. The van der Waals surface area contributed by atoms with Gasteiger partial charge in [0.15, 0.2) is 11.6 Å². The van der Waals surface area contributed by atoms with Gasteiger partial charge in [0, 0.05) is 0 Å². The number of β-amino-alcohol motifs (C(OH)–C–C–N with tert-alkyl or cyclic N) is 1. The topological polar surface area (TPSA) is 77.8 Å². The largest absolute Gasteiger partial charge is 0.478 e. The van der Waals surface area contributed by atoms with E-state index in [1.165, 1.54) is 0 Å². The number of aliphatic hydroxyl groups is 1. The Morgan fingerprint density at radius 2 is 2.06 bits per heavy atom. The fourth-order valence-corrected chi connectivity index (χ4v) is 1.88. The summed E-state index contributed by atoms with van der Waals surface area (Å²) in [6.45, 7) is -0.251. The summed E-state index contributed by atoms with van der Waals surface area (Å²) in [4.78, 5) is 23.2. The first-order chi connectivity index (χ1) is 8.41. The van der Waals surface area contributed by atoms with Crippen LogP contribution in [0.1, 0.15) is 16.8 Å². The summed E-state index contributed by atoms with van der Waals surface area (Å²) in [7, 11) is 0. The number of carboxylic acid groups (broad SMARTS) is 1. The molecule has 1 aromatic rings. The van der Waals surface area contributed by atoms with Crippen LogP contribution in [0.2, 0.25) is 0 Å². The predicted molar refractivity (Wildman–Crippen MR) is 56.3 cm³/mol. The molecule has 18 heavy (non-hydrogen) atoms. The molecule has 7 heteroatoms. The summed E-state index contributed by atoms with van der Waals surface area (Å²) in [5, 5.41) is 18.2. The van der Waals surface area contributed by atoms with Crippen LogP contribution in [0.5, 0.6) is 0 Å². The number of hydrogen-bond acceptors (Lipinski definition) is 3. The molecule has 1 unspecified atom stereocenters. The number of carboxylic acids is 1. The first-order valence-corrected chi connectivity index (χ1v) is 5.11. The maximum Gasteiger partial charge on any atom is 0.337 e. The van der Waals surface area contributed by atoms with E-state index in [1.807, 2.05) is 0 Å². The number of halogens is 2. The van der Waals surface area contributed by atoms with Crippen molar-refractivity contribution in [2.24, 2.45) is 0 Å². The second kappa shape index (κ2) is 4.34. The smallest absolute Gasteiger partial charge is 0.337 e. The zero-order valence-electron chi connectivity index (χ0n) is 9.06. The molecule has 1 fully saturated rings. The molecule has 1 saturated heterocycles. The lowest BCUT2D eigenvalue weighted by Crippen LogP contribution is -2.28. The third-order valence-electron chi connectivity index (χ3n) is 2.67. The summed E-state index contributed by atoms with van der Waals surface area (Å²) in [6, 6.07) is 1.56. The third kappa shape index (κ3) is 1.92. The molecule has 0 aliphatic carbocycles. The van der Waals surface area contributed by atoms with Gasteiger partial charge in [0.2, 0.25) is 5.91 Å². The highest BCUT2D eigenvalue weighted by Gasteiger charge is 2.34. The molecule has 0 spiro atoms. The lowest BCUT2D eigenvalue weighted by atomic mass is 10.1. The number of benzene rings is 1. The van der Waals surface area contributed by atoms with E-state index in [2.05, 4.69) is 0 Å². The number of amides is 1. The maximum atomic E-state index is 13.7. The van der Waals surface area contributed by atoms with E-state index in [9.17, 15) is 23.5 Å². The number of aliphatic hydroxyl groups excluding tert-OH is 1. The van der Waals surface area contributed by atoms with E-state index in [-0.39, 0.29) is 13.0 Å². The van der Waals surface area contributed by atoms with E-state index in [0.717, 1.165) is 11.0 Å². The monoisotopic (exact) mass is 257 g/mol. The van der Waals surface area contributed by atoms with Crippen molar-refractivity contribution in [1.29, 1.82) is 0 Å². The van der Waals surface area contributed by atoms with Crippen LogP contribution in [0.3, 0.4) is 0 Å². The quantitative estimate of drug-likeness (QED) is 0.820. The highest BCUT2D eigenvalue weighted by Crippen LogP contribution is 2.30. The molecular weight excluding hydrogens is 248 g/mol. The van der Waals surface area contributed by atoms with Crippen LogP contribution in [0.4, 0.5) is 14.5 Å². The van der Waals surface area contributed by atoms with Crippen molar-refractivity contribution in [1.82, 2.24) is 0 Å². The second-order valence-electron chi connectivity index (χ2n) is 3.92. The molecule has 1 aliphatic heterocycles. The summed E-state index contributed by atoms with van der Waals surface area (Å²) in [5.41, 5.74) is -1.15. The van der Waals surface area contributed by atoms with Gasteiger partial charge in [-0.05, 0) is 12.1 Å². The van der Waals surface area contributed by atoms with Crippen LogP contribution in [-0.2, 0) is 4.79 Å². The van der Waals surface area contributed by atoms with Crippen LogP contribution >= 0.6 is 0 Å². The number of carbonyl (C=O) groups excluding carboxylic acids is 1. The Morgan fingerprint density at radius 3 is 2.56 bits per heavy atom. The first-order valence-electron chi connectivity index (χ1n) is 5.11. The van der Waals surface area contributed by atoms with Crippen molar-refractivity contribution in [2.75, 3.05) is 11.4 Å². The van der Waals surface area contributed by atoms with Crippen LogP contribution < -0.4 is 4.90 Å². The van der Waals surface area contributed by atoms with Crippen LogP contribution in [0.15, 0.2) is 12.1 Å². The van der Waals surface area contributed by atoms with Gasteiger partial charge in [-0.15, -0.1) is 0 Å². The molecule has 0 radical (unpaired) electrons. The standard InChI is InChI=1S/C11H9F2NO4/c12-7-2-1-6(11(17)18)10(9(7)13)14-4-5(15)3-8(14)16/h1-2,5,15H,3-4H2,(H,17,18). The number of hydrogen-bond donors (Lipinski definition) is 2. The normalized spacial score (nSPS) is 19.4. The molecular formula is C11H9F2NO4. The van der Waals surface area contributed by atoms with Gasteiger partial charge in [0.25, 0.3) is 0 Å². The van der Waals surface area contributed by atoms with Crippen molar-refractivity contribution in [3.63, 3.8) is 0 Å². The van der Waals surface area contributed by atoms with Gasteiger partial charge < -0.3 is 15.1 Å². The van der Waals surface area contributed by atoms with Gasteiger partial charge in [0.05, 0.1) is 30.3 Å². The van der Waals surface area contributed by atoms with Gasteiger partial charge in [-0.25, -0.2) is 13.6 Å². The van der Waals surface area contributed by atoms with Crippen molar-refractivity contribution in [3.05, 3.63) is 29.3 Å². The first kappa shape index (κ1) is 12.4. The van der Waals surface area contributed by atoms with Crippen LogP contribution in [-0.4, -0.2) is 34.7 Å². The predicted octanol–water partition coefficient (Wildman–Crippen LogP) is 0.761. The highest BCUT2D eigenvalue weighted by atomic mass is 19.2. The second-order valence-corrected chi connectivity index (χ2v) is 3.92. The number of rotatable bonds is 2. The molecule has 96 valence electrons. The average molecular weight is 257 g/mol. The summed E-state index contributed by atoms with van der Waals surface area (Å²) in [6.07, 6.45) is -1.25. The SMILES string of the molecule is O=C(O)c1ccc(F)c(F)c1N1CC(O)CC1=O. The van der Waals surface area contributed by atoms with E-state index in [0.29, 0.717) is 6.07 Å². The Bertz CT molecular complexity index is 532. The Hall–Kier alpha value is -2.02. The van der Waals surface area contributed by atoms with E-state index < -0.39 is 40.9 Å². The number of nitrogens with zero attached hydrogens (tertiary/aromatic N) is 1. The molecule has 1 heterocycles. The molecule has 1 atom stereocenters. The summed E-state index contributed by atoms with van der Waals surface area (Å²) < 4.78 is 26.8. The van der Waals surface area contributed by atoms with Gasteiger partial charge in [-0.2, -0.15) is 0 Å². The Morgan fingerprint density at radius 1 is 1.39 bits per heavy atom. The molecule has 0 saturated carbocycles. The highest BCUT2D eigenvalue weighted by molar-refractivity contribution is 6.03. The lowest BCUT2D eigenvalue weighted by Gasteiger charge is -2.19. The van der Waals surface area contributed by atoms with Crippen LogP contribution in [0, 0.1) is 11.6 Å². The Balaban J connectivity index is 2.58. The summed E-state index contributed by atoms with van der Waals surface area (Å²) in [5.74, 6) is -4.77. The van der Waals surface area contributed by atoms with Crippen molar-refractivity contribution in [2.45, 2.75) is 12.5 Å². The molecule has 5 nitrogen and oxygen atoms in total. The molecule has 1 amide bonds. The molecule has 2 N–H and O–H groups in total. The molecule has 2 rings (SSSR count). The average Bonchev–Trinajstić information content (AvgIpc) is 2.61. The van der Waals surface area contributed by atoms with Crippen molar-refractivity contribution < 1.29 is 28.6 Å². The number of carbonyl (C=O) groups is 2. The van der Waals surface area contributed by atoms with E-state index in [1.54, 1.807) is 0 Å². The van der Waals surface area contributed by atoms with Crippen molar-refractivity contribution in [3.8, 4) is 0 Å². The molecule has 0 bridgehead atoms. The number of aromatic carboxylic acids is 1. The molecule has 0 aromatic heterocycles. The van der Waals surface area contributed by atoms with E-state index in [4.69, 9.17) is 5.11 Å². The van der Waals surface area contributed by atoms with Crippen molar-refractivity contribution >= 4 is 17.6 Å². The molecule has 1 aliphatic rings. The molecule has 1 aromatic carbocycles. The maximum absolute atomic E-state index is 13.7. The van der Waals surface area contributed by atoms with Gasteiger partial charge in [-0.1, -0.05) is 0 Å². The van der Waals surface area contributed by atoms with Crippen LogP contribution in [0.25, 0.3) is 0 Å². The van der Waals surface area contributed by atoms with Gasteiger partial charge >= 0.3 is 5.97 Å². The lowest BCUT2D eigenvalue weighted by molar-refractivity contribution is -0.117.